The number of pyridine rings is 1. The summed E-state index contributed by atoms with van der Waals surface area (Å²) in [6, 6.07) is 11.5. The van der Waals surface area contributed by atoms with Gasteiger partial charge in [0.1, 0.15) is 0 Å². The first kappa shape index (κ1) is 14.1. The second kappa shape index (κ2) is 6.27. The van der Waals surface area contributed by atoms with Gasteiger partial charge in [-0.1, -0.05) is 12.1 Å². The van der Waals surface area contributed by atoms with Crippen molar-refractivity contribution in [2.75, 3.05) is 11.4 Å². The molecule has 3 nitrogen and oxygen atoms in total. The first-order valence-electron chi connectivity index (χ1n) is 7.78. The van der Waals surface area contributed by atoms with Crippen LogP contribution < -0.4 is 10.2 Å². The van der Waals surface area contributed by atoms with Crippen LogP contribution in [0.3, 0.4) is 0 Å². The van der Waals surface area contributed by atoms with E-state index in [9.17, 15) is 0 Å². The van der Waals surface area contributed by atoms with E-state index in [-0.39, 0.29) is 0 Å². The summed E-state index contributed by atoms with van der Waals surface area (Å²) >= 11 is 0. The third-order valence-electron chi connectivity index (χ3n) is 3.97. The lowest BCUT2D eigenvalue weighted by Gasteiger charge is -2.26. The molecule has 0 unspecified atom stereocenters. The highest BCUT2D eigenvalue weighted by atomic mass is 15.1. The van der Waals surface area contributed by atoms with Crippen LogP contribution in [-0.4, -0.2) is 17.6 Å². The number of hydrogen-bond donors (Lipinski definition) is 1. The molecule has 0 aliphatic heterocycles. The summed E-state index contributed by atoms with van der Waals surface area (Å²) in [5.41, 5.74) is 5.05. The molecule has 0 amide bonds. The molecule has 1 aliphatic carbocycles. The average molecular weight is 281 g/mol. The van der Waals surface area contributed by atoms with Gasteiger partial charge >= 0.3 is 0 Å². The topological polar surface area (TPSA) is 28.2 Å². The van der Waals surface area contributed by atoms with Gasteiger partial charge in [-0.3, -0.25) is 4.98 Å². The Balaban J connectivity index is 1.88. The van der Waals surface area contributed by atoms with Crippen molar-refractivity contribution in [2.45, 2.75) is 39.3 Å². The third kappa shape index (κ3) is 3.42. The first-order chi connectivity index (χ1) is 10.3. The van der Waals surface area contributed by atoms with Crippen molar-refractivity contribution >= 4 is 11.4 Å². The highest BCUT2D eigenvalue weighted by Crippen LogP contribution is 2.29. The van der Waals surface area contributed by atoms with Crippen molar-refractivity contribution in [3.63, 3.8) is 0 Å². The zero-order valence-corrected chi connectivity index (χ0v) is 12.8. The number of benzene rings is 1. The van der Waals surface area contributed by atoms with Gasteiger partial charge in [0.15, 0.2) is 0 Å². The number of hydrogen-bond acceptors (Lipinski definition) is 3. The lowest BCUT2D eigenvalue weighted by molar-refractivity contribution is 0.686. The van der Waals surface area contributed by atoms with E-state index in [4.69, 9.17) is 0 Å². The smallest absolute Gasteiger partial charge is 0.0642 e. The normalized spacial score (nSPS) is 14.2. The Morgan fingerprint density at radius 3 is 2.86 bits per heavy atom. The van der Waals surface area contributed by atoms with Crippen LogP contribution in [0.1, 0.15) is 30.9 Å². The highest BCUT2D eigenvalue weighted by Gasteiger charge is 2.21. The minimum absolute atomic E-state index is 0.722. The number of anilines is 2. The molecule has 0 bridgehead atoms. The van der Waals surface area contributed by atoms with E-state index in [1.54, 1.807) is 0 Å². The van der Waals surface area contributed by atoms with E-state index in [0.717, 1.165) is 19.1 Å². The number of nitrogens with one attached hydrogen (secondary N) is 1. The molecule has 1 heterocycles. The molecule has 1 aliphatic rings. The molecule has 3 rings (SSSR count). The number of aryl methyl sites for hydroxylation is 1. The van der Waals surface area contributed by atoms with Crippen LogP contribution in [0.5, 0.6) is 0 Å². The SMILES string of the molecule is CCN(c1cccc(C)c1)c1cnccc1CNC1CC1. The second-order valence-corrected chi connectivity index (χ2v) is 5.74. The summed E-state index contributed by atoms with van der Waals surface area (Å²) < 4.78 is 0. The summed E-state index contributed by atoms with van der Waals surface area (Å²) in [5.74, 6) is 0. The van der Waals surface area contributed by atoms with Crippen molar-refractivity contribution in [1.82, 2.24) is 10.3 Å². The Morgan fingerprint density at radius 2 is 2.14 bits per heavy atom. The van der Waals surface area contributed by atoms with E-state index < -0.39 is 0 Å². The lowest BCUT2D eigenvalue weighted by atomic mass is 10.1. The maximum atomic E-state index is 4.34. The van der Waals surface area contributed by atoms with E-state index >= 15 is 0 Å². The molecule has 1 N–H and O–H groups in total. The Bertz CT molecular complexity index is 605. The van der Waals surface area contributed by atoms with Crippen molar-refractivity contribution < 1.29 is 0 Å². The monoisotopic (exact) mass is 281 g/mol. The van der Waals surface area contributed by atoms with Gasteiger partial charge in [-0.05, 0) is 56.0 Å². The first-order valence-corrected chi connectivity index (χ1v) is 7.78. The van der Waals surface area contributed by atoms with Gasteiger partial charge in [0.2, 0.25) is 0 Å². The largest absolute Gasteiger partial charge is 0.340 e. The minimum atomic E-state index is 0.722. The van der Waals surface area contributed by atoms with E-state index in [0.29, 0.717) is 0 Å². The third-order valence-corrected chi connectivity index (χ3v) is 3.97. The van der Waals surface area contributed by atoms with Gasteiger partial charge in [0.25, 0.3) is 0 Å². The zero-order valence-electron chi connectivity index (χ0n) is 12.8. The van der Waals surface area contributed by atoms with Crippen molar-refractivity contribution in [3.05, 3.63) is 53.9 Å². The van der Waals surface area contributed by atoms with E-state index in [1.807, 2.05) is 12.4 Å². The summed E-state index contributed by atoms with van der Waals surface area (Å²) in [6.45, 7) is 6.18. The Kier molecular flexibility index (Phi) is 4.20. The van der Waals surface area contributed by atoms with Crippen LogP contribution >= 0.6 is 0 Å². The quantitative estimate of drug-likeness (QED) is 0.873. The van der Waals surface area contributed by atoms with E-state index in [1.165, 1.54) is 35.3 Å². The summed E-state index contributed by atoms with van der Waals surface area (Å²) in [6.07, 6.45) is 6.50. The van der Waals surface area contributed by atoms with Crippen LogP contribution in [0.2, 0.25) is 0 Å². The summed E-state index contributed by atoms with van der Waals surface area (Å²) in [7, 11) is 0. The molecule has 0 atom stereocenters. The van der Waals surface area contributed by atoms with Gasteiger partial charge < -0.3 is 10.2 Å². The van der Waals surface area contributed by atoms with Crippen LogP contribution in [0, 0.1) is 6.92 Å². The van der Waals surface area contributed by atoms with Crippen LogP contribution in [0.25, 0.3) is 0 Å². The predicted molar refractivity (Wildman–Crippen MR) is 88.0 cm³/mol. The molecular formula is C18H23N3. The average Bonchev–Trinajstić information content (AvgIpc) is 3.31. The van der Waals surface area contributed by atoms with Crippen LogP contribution in [0.15, 0.2) is 42.7 Å². The fourth-order valence-electron chi connectivity index (χ4n) is 2.64. The Morgan fingerprint density at radius 1 is 1.29 bits per heavy atom. The van der Waals surface area contributed by atoms with Gasteiger partial charge in [0.05, 0.1) is 11.9 Å². The Hall–Kier alpha value is -1.87. The van der Waals surface area contributed by atoms with Gasteiger partial charge in [-0.2, -0.15) is 0 Å². The molecule has 1 aromatic heterocycles. The maximum Gasteiger partial charge on any atom is 0.0642 e. The molecule has 0 spiro atoms. The number of nitrogens with zero attached hydrogens (tertiary/aromatic N) is 2. The summed E-state index contributed by atoms with van der Waals surface area (Å²) in [4.78, 5) is 6.67. The molecule has 1 aromatic carbocycles. The van der Waals surface area contributed by atoms with Crippen molar-refractivity contribution in [1.29, 1.82) is 0 Å². The Labute approximate surface area is 127 Å². The second-order valence-electron chi connectivity index (χ2n) is 5.74. The fraction of sp³-hybridized carbons (Fsp3) is 0.389. The fourth-order valence-corrected chi connectivity index (χ4v) is 2.64. The molecule has 0 saturated heterocycles. The van der Waals surface area contributed by atoms with Crippen molar-refractivity contribution in [2.24, 2.45) is 0 Å². The number of aromatic nitrogens is 1. The van der Waals surface area contributed by atoms with E-state index in [2.05, 4.69) is 59.4 Å². The van der Waals surface area contributed by atoms with Crippen molar-refractivity contribution in [3.8, 4) is 0 Å². The summed E-state index contributed by atoms with van der Waals surface area (Å²) in [5, 5.41) is 3.60. The predicted octanol–water partition coefficient (Wildman–Crippen LogP) is 3.80. The van der Waals surface area contributed by atoms with Gasteiger partial charge in [-0.15, -0.1) is 0 Å². The molecule has 1 saturated carbocycles. The van der Waals surface area contributed by atoms with Crippen LogP contribution in [0.4, 0.5) is 11.4 Å². The lowest BCUT2D eigenvalue weighted by Crippen LogP contribution is -2.21. The highest BCUT2D eigenvalue weighted by molar-refractivity contribution is 5.66. The zero-order chi connectivity index (χ0) is 14.7. The molecule has 0 radical (unpaired) electrons. The molecule has 1 fully saturated rings. The molecule has 2 aromatic rings. The number of rotatable bonds is 6. The van der Waals surface area contributed by atoms with Gasteiger partial charge in [0, 0.05) is 31.0 Å². The maximum absolute atomic E-state index is 4.34. The minimum Gasteiger partial charge on any atom is -0.340 e. The molecule has 110 valence electrons. The van der Waals surface area contributed by atoms with Gasteiger partial charge in [-0.25, -0.2) is 0 Å². The molecule has 3 heteroatoms. The standard InChI is InChI=1S/C18H23N3/c1-3-21(17-6-4-5-14(2)11-17)18-13-19-10-9-15(18)12-20-16-7-8-16/h4-6,9-11,13,16,20H,3,7-8,12H2,1-2H3. The molecule has 21 heavy (non-hydrogen) atoms. The van der Waals surface area contributed by atoms with Crippen LogP contribution in [-0.2, 0) is 6.54 Å². The molecular weight excluding hydrogens is 258 g/mol.